The van der Waals surface area contributed by atoms with Crippen molar-refractivity contribution in [1.82, 2.24) is 0 Å². The number of carbonyl (C=O) groups excluding carboxylic acids is 1. The lowest BCUT2D eigenvalue weighted by Crippen LogP contribution is -2.10. The molecule has 0 aromatic heterocycles. The molecule has 2 aromatic carbocycles. The normalized spacial score (nSPS) is 16.6. The predicted octanol–water partition coefficient (Wildman–Crippen LogP) is 3.79. The summed E-state index contributed by atoms with van der Waals surface area (Å²) in [6.07, 6.45) is 1.60. The van der Waals surface area contributed by atoms with Crippen molar-refractivity contribution in [3.05, 3.63) is 53.6 Å². The monoisotopic (exact) mass is 387 g/mol. The van der Waals surface area contributed by atoms with Gasteiger partial charge in [-0.2, -0.15) is 0 Å². The van der Waals surface area contributed by atoms with E-state index in [0.717, 1.165) is 22.3 Å². The van der Waals surface area contributed by atoms with Crippen LogP contribution >= 0.6 is 0 Å². The highest BCUT2D eigenvalue weighted by molar-refractivity contribution is 7.90. The largest absolute Gasteiger partial charge is 0.408 e. The Balaban J connectivity index is 1.76. The van der Waals surface area contributed by atoms with E-state index in [1.54, 1.807) is 31.2 Å². The fourth-order valence-corrected chi connectivity index (χ4v) is 3.53. The van der Waals surface area contributed by atoms with Crippen LogP contribution in [0.1, 0.15) is 37.0 Å². The molecule has 27 heavy (non-hydrogen) atoms. The molecule has 6 nitrogen and oxygen atoms in total. The summed E-state index contributed by atoms with van der Waals surface area (Å²) in [5.74, 6) is -0.0331. The van der Waals surface area contributed by atoms with Crippen LogP contribution in [0.2, 0.25) is 0 Å². The molecular weight excluding hydrogens is 366 g/mol. The summed E-state index contributed by atoms with van der Waals surface area (Å²) in [6, 6.07) is 12.7. The molecule has 0 N–H and O–H groups in total. The number of nitrogens with zero attached hydrogens (tertiary/aromatic N) is 1. The van der Waals surface area contributed by atoms with E-state index in [-0.39, 0.29) is 18.5 Å². The van der Waals surface area contributed by atoms with Gasteiger partial charge < -0.3 is 9.57 Å². The van der Waals surface area contributed by atoms with Gasteiger partial charge in [-0.3, -0.25) is 4.79 Å². The fourth-order valence-electron chi connectivity index (χ4n) is 2.90. The third-order valence-electron chi connectivity index (χ3n) is 4.39. The van der Waals surface area contributed by atoms with Crippen molar-refractivity contribution in [2.24, 2.45) is 5.16 Å². The van der Waals surface area contributed by atoms with Gasteiger partial charge in [-0.05, 0) is 41.3 Å². The van der Waals surface area contributed by atoms with Gasteiger partial charge >= 0.3 is 5.97 Å². The summed E-state index contributed by atoms with van der Waals surface area (Å²) < 4.78 is 28.3. The van der Waals surface area contributed by atoms with E-state index in [2.05, 4.69) is 5.16 Å². The van der Waals surface area contributed by atoms with Crippen molar-refractivity contribution < 1.29 is 22.8 Å². The molecule has 1 atom stereocenters. The van der Waals surface area contributed by atoms with E-state index in [4.69, 9.17) is 9.57 Å². The quantitative estimate of drug-likeness (QED) is 0.746. The molecule has 0 radical (unpaired) electrons. The van der Waals surface area contributed by atoms with Crippen molar-refractivity contribution in [2.75, 3.05) is 6.26 Å². The topological polar surface area (TPSA) is 82.0 Å². The summed E-state index contributed by atoms with van der Waals surface area (Å²) in [6.45, 7) is 3.70. The Morgan fingerprint density at radius 1 is 1.19 bits per heavy atom. The molecule has 0 amide bonds. The van der Waals surface area contributed by atoms with E-state index in [1.807, 2.05) is 25.1 Å². The minimum atomic E-state index is -3.21. The van der Waals surface area contributed by atoms with Crippen molar-refractivity contribution in [2.45, 2.75) is 37.7 Å². The molecule has 7 heteroatoms. The maximum Gasteiger partial charge on any atom is 0.312 e. The number of ether oxygens (including phenoxy) is 1. The first-order valence-electron chi connectivity index (χ1n) is 8.62. The molecule has 3 rings (SSSR count). The van der Waals surface area contributed by atoms with Crippen LogP contribution < -0.4 is 0 Å². The second kappa shape index (κ2) is 7.52. The van der Waals surface area contributed by atoms with Crippen LogP contribution in [0.25, 0.3) is 11.1 Å². The van der Waals surface area contributed by atoms with Crippen LogP contribution in [0.4, 0.5) is 0 Å². The molecule has 1 aliphatic rings. The van der Waals surface area contributed by atoms with Gasteiger partial charge in [0, 0.05) is 12.7 Å². The van der Waals surface area contributed by atoms with E-state index in [9.17, 15) is 13.2 Å². The van der Waals surface area contributed by atoms with E-state index < -0.39 is 9.84 Å². The molecular formula is C20H21NO5S. The van der Waals surface area contributed by atoms with Gasteiger partial charge in [0.05, 0.1) is 11.3 Å². The molecule has 0 fully saturated rings. The Labute approximate surface area is 158 Å². The highest BCUT2D eigenvalue weighted by atomic mass is 32.2. The Kier molecular flexibility index (Phi) is 5.32. The maximum atomic E-state index is 11.6. The SMILES string of the molecule is CCC(=O)OC1=NOC(c2ccc(-c3ccc(S(C)(=O)=O)cc3)cc2C)C1. The first-order chi connectivity index (χ1) is 12.8. The molecule has 0 saturated heterocycles. The zero-order valence-corrected chi connectivity index (χ0v) is 16.2. The highest BCUT2D eigenvalue weighted by Gasteiger charge is 2.26. The summed E-state index contributed by atoms with van der Waals surface area (Å²) in [4.78, 5) is 17.1. The Morgan fingerprint density at radius 2 is 1.85 bits per heavy atom. The number of carbonyl (C=O) groups is 1. The lowest BCUT2D eigenvalue weighted by Gasteiger charge is -2.13. The Bertz CT molecular complexity index is 994. The fraction of sp³-hybridized carbons (Fsp3) is 0.300. The standard InChI is InChI=1S/C20H21NO5S/c1-4-20(22)25-19-12-18(26-21-19)17-10-7-15(11-13(17)2)14-5-8-16(9-6-14)27(3,23)24/h5-11,18H,4,12H2,1-3H3. The molecule has 142 valence electrons. The van der Waals surface area contributed by atoms with E-state index in [0.29, 0.717) is 17.2 Å². The van der Waals surface area contributed by atoms with Crippen molar-refractivity contribution in [3.8, 4) is 11.1 Å². The van der Waals surface area contributed by atoms with Crippen LogP contribution in [0.15, 0.2) is 52.5 Å². The number of rotatable bonds is 4. The predicted molar refractivity (Wildman–Crippen MR) is 102 cm³/mol. The van der Waals surface area contributed by atoms with Crippen LogP contribution in [0.5, 0.6) is 0 Å². The third-order valence-corrected chi connectivity index (χ3v) is 5.52. The first-order valence-corrected chi connectivity index (χ1v) is 10.5. The molecule has 1 heterocycles. The lowest BCUT2D eigenvalue weighted by atomic mass is 9.96. The van der Waals surface area contributed by atoms with Crippen LogP contribution in [0, 0.1) is 6.92 Å². The van der Waals surface area contributed by atoms with Gasteiger partial charge in [-0.15, -0.1) is 0 Å². The number of hydrogen-bond acceptors (Lipinski definition) is 6. The van der Waals surface area contributed by atoms with Gasteiger partial charge in [0.25, 0.3) is 0 Å². The number of aryl methyl sites for hydroxylation is 1. The molecule has 0 aliphatic carbocycles. The summed E-state index contributed by atoms with van der Waals surface area (Å²) in [5.41, 5.74) is 3.90. The maximum absolute atomic E-state index is 11.6. The second-order valence-corrected chi connectivity index (χ2v) is 8.49. The minimum Gasteiger partial charge on any atom is -0.408 e. The number of sulfone groups is 1. The van der Waals surface area contributed by atoms with Crippen molar-refractivity contribution in [3.63, 3.8) is 0 Å². The van der Waals surface area contributed by atoms with E-state index >= 15 is 0 Å². The van der Waals surface area contributed by atoms with Gasteiger partial charge in [-0.25, -0.2) is 8.42 Å². The number of hydrogen-bond donors (Lipinski definition) is 0. The molecule has 1 unspecified atom stereocenters. The average molecular weight is 387 g/mol. The molecule has 1 aliphatic heterocycles. The Hall–Kier alpha value is -2.67. The second-order valence-electron chi connectivity index (χ2n) is 6.48. The van der Waals surface area contributed by atoms with Gasteiger partial charge in [-0.1, -0.05) is 42.4 Å². The highest BCUT2D eigenvalue weighted by Crippen LogP contribution is 2.32. The zero-order valence-electron chi connectivity index (χ0n) is 15.4. The molecule has 0 spiro atoms. The van der Waals surface area contributed by atoms with Crippen LogP contribution in [-0.2, 0) is 24.2 Å². The Morgan fingerprint density at radius 3 is 2.44 bits per heavy atom. The molecule has 0 saturated carbocycles. The number of oxime groups is 1. The minimum absolute atomic E-state index is 0.286. The van der Waals surface area contributed by atoms with Crippen molar-refractivity contribution in [1.29, 1.82) is 0 Å². The summed E-state index contributed by atoms with van der Waals surface area (Å²) in [5, 5.41) is 3.85. The average Bonchev–Trinajstić information content (AvgIpc) is 3.09. The van der Waals surface area contributed by atoms with Crippen LogP contribution in [0.3, 0.4) is 0 Å². The third kappa shape index (κ3) is 4.36. The van der Waals surface area contributed by atoms with E-state index in [1.165, 1.54) is 6.26 Å². The number of benzene rings is 2. The van der Waals surface area contributed by atoms with Crippen LogP contribution in [-0.4, -0.2) is 26.5 Å². The number of esters is 1. The first kappa shape index (κ1) is 19.1. The molecule has 2 aromatic rings. The summed E-state index contributed by atoms with van der Waals surface area (Å²) in [7, 11) is -3.21. The smallest absolute Gasteiger partial charge is 0.312 e. The summed E-state index contributed by atoms with van der Waals surface area (Å²) >= 11 is 0. The van der Waals surface area contributed by atoms with Gasteiger partial charge in [0.2, 0.25) is 5.90 Å². The van der Waals surface area contributed by atoms with Gasteiger partial charge in [0.1, 0.15) is 0 Å². The van der Waals surface area contributed by atoms with Crippen molar-refractivity contribution >= 4 is 21.7 Å². The lowest BCUT2D eigenvalue weighted by molar-refractivity contribution is -0.135. The zero-order chi connectivity index (χ0) is 19.6. The molecule has 0 bridgehead atoms. The van der Waals surface area contributed by atoms with Gasteiger partial charge in [0.15, 0.2) is 15.9 Å².